The summed E-state index contributed by atoms with van der Waals surface area (Å²) in [6.07, 6.45) is 1.66. The van der Waals surface area contributed by atoms with Gasteiger partial charge < -0.3 is 9.64 Å². The van der Waals surface area contributed by atoms with Crippen LogP contribution in [0.2, 0.25) is 5.15 Å². The molecular formula is C14H13ClN2OS. The summed E-state index contributed by atoms with van der Waals surface area (Å²) in [5.74, 6) is 0.838. The first kappa shape index (κ1) is 13.8. The lowest BCUT2D eigenvalue weighted by molar-refractivity contribution is 0.414. The minimum Gasteiger partial charge on any atom is -0.497 e. The molecular weight excluding hydrogens is 280 g/mol. The molecule has 5 heteroatoms. The van der Waals surface area contributed by atoms with Crippen molar-refractivity contribution in [2.75, 3.05) is 12.0 Å². The van der Waals surface area contributed by atoms with Gasteiger partial charge in [-0.05, 0) is 29.8 Å². The second-order valence-electron chi connectivity index (χ2n) is 3.92. The number of anilines is 1. The molecule has 1 heterocycles. The zero-order valence-corrected chi connectivity index (χ0v) is 12.0. The Morgan fingerprint density at radius 1 is 1.32 bits per heavy atom. The van der Waals surface area contributed by atoms with E-state index < -0.39 is 0 Å². The first-order valence-electron chi connectivity index (χ1n) is 5.69. The van der Waals surface area contributed by atoms with Gasteiger partial charge in [0.1, 0.15) is 10.9 Å². The van der Waals surface area contributed by atoms with Crippen molar-refractivity contribution in [2.24, 2.45) is 0 Å². The molecule has 19 heavy (non-hydrogen) atoms. The normalized spacial score (nSPS) is 10.0. The second-order valence-corrected chi connectivity index (χ2v) is 4.52. The van der Waals surface area contributed by atoms with Crippen LogP contribution in [0.4, 0.5) is 5.69 Å². The Labute approximate surface area is 122 Å². The fourth-order valence-corrected chi connectivity index (χ4v) is 2.05. The molecule has 1 aromatic heterocycles. The molecule has 98 valence electrons. The maximum atomic E-state index is 5.89. The summed E-state index contributed by atoms with van der Waals surface area (Å²) in [7, 11) is 1.65. The number of pyridine rings is 1. The van der Waals surface area contributed by atoms with Gasteiger partial charge in [-0.2, -0.15) is 0 Å². The number of hydrogen-bond donors (Lipinski definition) is 0. The van der Waals surface area contributed by atoms with Gasteiger partial charge in [-0.15, -0.1) is 0 Å². The molecule has 0 atom stereocenters. The van der Waals surface area contributed by atoms with Crippen LogP contribution >= 0.6 is 23.8 Å². The van der Waals surface area contributed by atoms with Crippen LogP contribution < -0.4 is 9.64 Å². The smallest absolute Gasteiger partial charge is 0.131 e. The molecule has 0 saturated heterocycles. The van der Waals surface area contributed by atoms with Crippen molar-refractivity contribution in [1.29, 1.82) is 0 Å². The van der Waals surface area contributed by atoms with Crippen molar-refractivity contribution in [3.8, 4) is 5.75 Å². The number of ether oxygens (including phenoxy) is 1. The molecule has 0 aliphatic rings. The molecule has 0 spiro atoms. The summed E-state index contributed by atoms with van der Waals surface area (Å²) in [6, 6.07) is 11.5. The highest BCUT2D eigenvalue weighted by Crippen LogP contribution is 2.19. The predicted octanol–water partition coefficient (Wildman–Crippen LogP) is 3.71. The molecule has 0 bridgehead atoms. The van der Waals surface area contributed by atoms with Gasteiger partial charge in [0, 0.05) is 18.4 Å². The van der Waals surface area contributed by atoms with Gasteiger partial charge in [0.2, 0.25) is 0 Å². The van der Waals surface area contributed by atoms with E-state index in [0.717, 1.165) is 17.0 Å². The standard InChI is InChI=1S/C14H13ClN2OS/c1-18-13-4-2-11(3-5-13)9-17(10-19)12-6-7-16-14(15)8-12/h2-8,10H,9H2,1H3. The number of methoxy groups -OCH3 is 1. The molecule has 0 amide bonds. The quantitative estimate of drug-likeness (QED) is 0.620. The number of rotatable bonds is 5. The van der Waals surface area contributed by atoms with Crippen LogP contribution in [0.1, 0.15) is 5.56 Å². The van der Waals surface area contributed by atoms with Crippen molar-refractivity contribution < 1.29 is 4.74 Å². The highest BCUT2D eigenvalue weighted by Gasteiger charge is 2.05. The molecule has 0 aliphatic heterocycles. The molecule has 0 fully saturated rings. The fourth-order valence-electron chi connectivity index (χ4n) is 1.69. The van der Waals surface area contributed by atoms with Crippen LogP contribution in [0, 0.1) is 0 Å². The zero-order valence-electron chi connectivity index (χ0n) is 10.4. The number of thiocarbonyl (C=S) groups is 1. The van der Waals surface area contributed by atoms with E-state index in [4.69, 9.17) is 28.6 Å². The van der Waals surface area contributed by atoms with Crippen LogP contribution in [-0.2, 0) is 6.54 Å². The van der Waals surface area contributed by atoms with Crippen molar-refractivity contribution in [3.05, 3.63) is 53.3 Å². The summed E-state index contributed by atoms with van der Waals surface area (Å²) in [5, 5.41) is 0.453. The van der Waals surface area contributed by atoms with Gasteiger partial charge in [-0.3, -0.25) is 0 Å². The van der Waals surface area contributed by atoms with E-state index in [0.29, 0.717) is 11.7 Å². The van der Waals surface area contributed by atoms with Crippen molar-refractivity contribution in [1.82, 2.24) is 4.98 Å². The third-order valence-electron chi connectivity index (χ3n) is 2.68. The highest BCUT2D eigenvalue weighted by molar-refractivity contribution is 7.79. The largest absolute Gasteiger partial charge is 0.497 e. The number of nitrogens with zero attached hydrogens (tertiary/aromatic N) is 2. The summed E-state index contributed by atoms with van der Waals surface area (Å²) in [6.45, 7) is 0.674. The average molecular weight is 293 g/mol. The Bertz CT molecular complexity index is 560. The van der Waals surface area contributed by atoms with Crippen LogP contribution in [-0.4, -0.2) is 17.6 Å². The molecule has 0 saturated carbocycles. The van der Waals surface area contributed by atoms with E-state index in [1.54, 1.807) is 24.9 Å². The number of hydrogen-bond acceptors (Lipinski definition) is 3. The van der Waals surface area contributed by atoms with Gasteiger partial charge in [0.25, 0.3) is 0 Å². The van der Waals surface area contributed by atoms with Crippen molar-refractivity contribution in [3.63, 3.8) is 0 Å². The summed E-state index contributed by atoms with van der Waals surface area (Å²) in [5.41, 5.74) is 3.66. The second kappa shape index (κ2) is 6.50. The van der Waals surface area contributed by atoms with E-state index in [2.05, 4.69) is 4.98 Å². The fraction of sp³-hybridized carbons (Fsp3) is 0.143. The Balaban J connectivity index is 2.16. The monoisotopic (exact) mass is 292 g/mol. The van der Waals surface area contributed by atoms with Crippen LogP contribution in [0.3, 0.4) is 0 Å². The third kappa shape index (κ3) is 3.66. The molecule has 0 unspecified atom stereocenters. The average Bonchev–Trinajstić information content (AvgIpc) is 2.45. The summed E-state index contributed by atoms with van der Waals surface area (Å²) in [4.78, 5) is 5.90. The lowest BCUT2D eigenvalue weighted by Gasteiger charge is -2.19. The molecule has 1 aromatic carbocycles. The summed E-state index contributed by atoms with van der Waals surface area (Å²) < 4.78 is 5.13. The molecule has 2 rings (SSSR count). The van der Waals surface area contributed by atoms with Gasteiger partial charge in [0.15, 0.2) is 0 Å². The van der Waals surface area contributed by atoms with E-state index in [-0.39, 0.29) is 0 Å². The Kier molecular flexibility index (Phi) is 4.71. The molecule has 3 nitrogen and oxygen atoms in total. The van der Waals surface area contributed by atoms with Crippen LogP contribution in [0.25, 0.3) is 0 Å². The molecule has 2 aromatic rings. The third-order valence-corrected chi connectivity index (χ3v) is 3.14. The van der Waals surface area contributed by atoms with Gasteiger partial charge in [0.05, 0.1) is 12.6 Å². The minimum atomic E-state index is 0.453. The zero-order chi connectivity index (χ0) is 13.7. The minimum absolute atomic E-state index is 0.453. The van der Waals surface area contributed by atoms with Gasteiger partial charge in [-0.1, -0.05) is 36.0 Å². The highest BCUT2D eigenvalue weighted by atomic mass is 35.5. The topological polar surface area (TPSA) is 25.4 Å². The molecule has 0 aliphatic carbocycles. The number of benzene rings is 1. The lowest BCUT2D eigenvalue weighted by atomic mass is 10.2. The summed E-state index contributed by atoms with van der Waals surface area (Å²) >= 11 is 10.9. The Morgan fingerprint density at radius 2 is 2.05 bits per heavy atom. The SMILES string of the molecule is COc1ccc(CN(C=S)c2ccnc(Cl)c2)cc1. The van der Waals surface area contributed by atoms with Crippen LogP contribution in [0.15, 0.2) is 42.6 Å². The van der Waals surface area contributed by atoms with Gasteiger partial charge in [-0.25, -0.2) is 4.98 Å². The number of aromatic nitrogens is 1. The van der Waals surface area contributed by atoms with E-state index >= 15 is 0 Å². The Morgan fingerprint density at radius 3 is 2.63 bits per heavy atom. The Hall–Kier alpha value is -1.65. The molecule has 0 radical (unpaired) electrons. The van der Waals surface area contributed by atoms with E-state index in [1.807, 2.05) is 35.2 Å². The van der Waals surface area contributed by atoms with E-state index in [9.17, 15) is 0 Å². The van der Waals surface area contributed by atoms with Crippen molar-refractivity contribution >= 4 is 35.0 Å². The first-order chi connectivity index (χ1) is 9.22. The van der Waals surface area contributed by atoms with Gasteiger partial charge >= 0.3 is 0 Å². The first-order valence-corrected chi connectivity index (χ1v) is 6.54. The molecule has 0 N–H and O–H groups in total. The maximum absolute atomic E-state index is 5.89. The van der Waals surface area contributed by atoms with E-state index in [1.165, 1.54) is 0 Å². The lowest BCUT2D eigenvalue weighted by Crippen LogP contribution is -2.19. The number of halogens is 1. The maximum Gasteiger partial charge on any atom is 0.131 e. The predicted molar refractivity (Wildman–Crippen MR) is 82.1 cm³/mol. The van der Waals surface area contributed by atoms with Crippen LogP contribution in [0.5, 0.6) is 5.75 Å². The van der Waals surface area contributed by atoms with Crippen molar-refractivity contribution in [2.45, 2.75) is 6.54 Å².